The molecule has 0 aliphatic heterocycles. The second kappa shape index (κ2) is 8.09. The van der Waals surface area contributed by atoms with E-state index in [4.69, 9.17) is 9.63 Å². The van der Waals surface area contributed by atoms with Gasteiger partial charge in [0.1, 0.15) is 6.54 Å². The van der Waals surface area contributed by atoms with Gasteiger partial charge in [-0.05, 0) is 43.2 Å². The Bertz CT molecular complexity index is 1090. The first-order valence-corrected chi connectivity index (χ1v) is 8.94. The molecule has 150 valence electrons. The molecule has 0 saturated heterocycles. The molecule has 3 aromatic rings. The minimum absolute atomic E-state index is 0.0972. The Balaban J connectivity index is 1.82. The third kappa shape index (κ3) is 4.40. The number of carbonyl (C=O) groups is 3. The van der Waals surface area contributed by atoms with Gasteiger partial charge in [-0.1, -0.05) is 19.0 Å². The summed E-state index contributed by atoms with van der Waals surface area (Å²) in [5, 5.41) is 18.1. The molecule has 0 aliphatic rings. The third-order valence-corrected chi connectivity index (χ3v) is 4.28. The highest BCUT2D eigenvalue weighted by molar-refractivity contribution is 6.12. The van der Waals surface area contributed by atoms with Crippen molar-refractivity contribution in [1.82, 2.24) is 15.5 Å². The van der Waals surface area contributed by atoms with Crippen LogP contribution < -0.4 is 10.6 Å². The summed E-state index contributed by atoms with van der Waals surface area (Å²) in [6, 6.07) is 7.85. The second-order valence-corrected chi connectivity index (χ2v) is 6.81. The molecule has 2 aromatic heterocycles. The van der Waals surface area contributed by atoms with Gasteiger partial charge in [0.25, 0.3) is 17.5 Å². The molecule has 3 rings (SSSR count). The SMILES string of the molecule is Cc1noc2nc(C(C)C)cc(C(=O)Nc3ccc(C(=O)NCC(=O)O)cc3)c12. The van der Waals surface area contributed by atoms with E-state index in [2.05, 4.69) is 20.8 Å². The summed E-state index contributed by atoms with van der Waals surface area (Å²) in [4.78, 5) is 39.7. The fourth-order valence-electron chi connectivity index (χ4n) is 2.75. The summed E-state index contributed by atoms with van der Waals surface area (Å²) >= 11 is 0. The molecule has 3 N–H and O–H groups in total. The Hall–Kier alpha value is -3.75. The summed E-state index contributed by atoms with van der Waals surface area (Å²) < 4.78 is 5.24. The normalized spacial score (nSPS) is 10.9. The van der Waals surface area contributed by atoms with Crippen molar-refractivity contribution in [3.63, 3.8) is 0 Å². The molecule has 0 radical (unpaired) electrons. The van der Waals surface area contributed by atoms with Crippen molar-refractivity contribution in [2.45, 2.75) is 26.7 Å². The van der Waals surface area contributed by atoms with Crippen LogP contribution in [0.2, 0.25) is 0 Å². The van der Waals surface area contributed by atoms with Crippen molar-refractivity contribution in [1.29, 1.82) is 0 Å². The topological polar surface area (TPSA) is 134 Å². The smallest absolute Gasteiger partial charge is 0.322 e. The fourth-order valence-corrected chi connectivity index (χ4v) is 2.75. The van der Waals surface area contributed by atoms with Gasteiger partial charge in [-0.3, -0.25) is 14.4 Å². The van der Waals surface area contributed by atoms with Gasteiger partial charge in [-0.2, -0.15) is 0 Å². The van der Waals surface area contributed by atoms with E-state index in [1.54, 1.807) is 25.1 Å². The minimum Gasteiger partial charge on any atom is -0.480 e. The molecule has 0 atom stereocenters. The van der Waals surface area contributed by atoms with Crippen LogP contribution in [-0.4, -0.2) is 39.6 Å². The Morgan fingerprint density at radius 2 is 1.83 bits per heavy atom. The standard InChI is InChI=1S/C20H20N4O5/c1-10(2)15-8-14(17-11(3)24-29-20(17)23-15)19(28)22-13-6-4-12(5-7-13)18(27)21-9-16(25)26/h4-8,10H,9H2,1-3H3,(H,21,27)(H,22,28)(H,25,26). The summed E-state index contributed by atoms with van der Waals surface area (Å²) in [6.45, 7) is 5.20. The highest BCUT2D eigenvalue weighted by Crippen LogP contribution is 2.26. The first-order chi connectivity index (χ1) is 13.8. The average molecular weight is 396 g/mol. The van der Waals surface area contributed by atoms with Gasteiger partial charge in [-0.15, -0.1) is 0 Å². The van der Waals surface area contributed by atoms with Crippen LogP contribution in [-0.2, 0) is 4.79 Å². The average Bonchev–Trinajstić information content (AvgIpc) is 3.06. The minimum atomic E-state index is -1.13. The predicted molar refractivity (Wildman–Crippen MR) is 105 cm³/mol. The number of benzene rings is 1. The largest absolute Gasteiger partial charge is 0.480 e. The molecule has 0 spiro atoms. The number of pyridine rings is 1. The zero-order valence-electron chi connectivity index (χ0n) is 16.1. The number of nitrogens with zero attached hydrogens (tertiary/aromatic N) is 2. The molecular weight excluding hydrogens is 376 g/mol. The maximum Gasteiger partial charge on any atom is 0.322 e. The number of fused-ring (bicyclic) bond motifs is 1. The molecule has 2 amide bonds. The Kier molecular flexibility index (Phi) is 5.58. The van der Waals surface area contributed by atoms with Crippen LogP contribution in [0, 0.1) is 6.92 Å². The van der Waals surface area contributed by atoms with Crippen LogP contribution >= 0.6 is 0 Å². The van der Waals surface area contributed by atoms with Crippen molar-refractivity contribution >= 4 is 34.6 Å². The molecule has 1 aromatic carbocycles. The third-order valence-electron chi connectivity index (χ3n) is 4.28. The lowest BCUT2D eigenvalue weighted by Gasteiger charge is -2.10. The molecule has 0 saturated carbocycles. The van der Waals surface area contributed by atoms with Crippen LogP contribution in [0.4, 0.5) is 5.69 Å². The maximum atomic E-state index is 12.9. The van der Waals surface area contributed by atoms with E-state index in [0.717, 1.165) is 0 Å². The number of nitrogens with one attached hydrogen (secondary N) is 2. The number of carboxylic acid groups (broad SMARTS) is 1. The number of hydrogen-bond acceptors (Lipinski definition) is 6. The van der Waals surface area contributed by atoms with Crippen LogP contribution in [0.25, 0.3) is 11.1 Å². The molecule has 0 fully saturated rings. The second-order valence-electron chi connectivity index (χ2n) is 6.81. The van der Waals surface area contributed by atoms with Gasteiger partial charge in [0.05, 0.1) is 16.6 Å². The predicted octanol–water partition coefficient (Wildman–Crippen LogP) is 2.72. The first-order valence-electron chi connectivity index (χ1n) is 8.94. The number of rotatable bonds is 6. The lowest BCUT2D eigenvalue weighted by atomic mass is 10.0. The van der Waals surface area contributed by atoms with Crippen molar-refractivity contribution in [2.24, 2.45) is 0 Å². The van der Waals surface area contributed by atoms with Crippen molar-refractivity contribution in [3.8, 4) is 0 Å². The van der Waals surface area contributed by atoms with Crippen molar-refractivity contribution < 1.29 is 24.0 Å². The Morgan fingerprint density at radius 1 is 1.14 bits per heavy atom. The van der Waals surface area contributed by atoms with Gasteiger partial charge >= 0.3 is 5.97 Å². The van der Waals surface area contributed by atoms with E-state index in [0.29, 0.717) is 33.7 Å². The molecule has 29 heavy (non-hydrogen) atoms. The van der Waals surface area contributed by atoms with Gasteiger partial charge in [0.2, 0.25) is 0 Å². The lowest BCUT2D eigenvalue weighted by Crippen LogP contribution is -2.29. The molecule has 2 heterocycles. The monoisotopic (exact) mass is 396 g/mol. The summed E-state index contributed by atoms with van der Waals surface area (Å²) in [7, 11) is 0. The van der Waals surface area contributed by atoms with Crippen LogP contribution in [0.1, 0.15) is 51.9 Å². The molecule has 0 unspecified atom stereocenters. The van der Waals surface area contributed by atoms with Crippen molar-refractivity contribution in [2.75, 3.05) is 11.9 Å². The lowest BCUT2D eigenvalue weighted by molar-refractivity contribution is -0.135. The van der Waals surface area contributed by atoms with E-state index >= 15 is 0 Å². The van der Waals surface area contributed by atoms with E-state index in [9.17, 15) is 14.4 Å². The number of aromatic nitrogens is 2. The van der Waals surface area contributed by atoms with E-state index < -0.39 is 18.4 Å². The number of hydrogen-bond donors (Lipinski definition) is 3. The number of carboxylic acids is 1. The zero-order chi connectivity index (χ0) is 21.1. The van der Waals surface area contributed by atoms with Gasteiger partial charge < -0.3 is 20.3 Å². The van der Waals surface area contributed by atoms with Gasteiger partial charge in [0.15, 0.2) is 0 Å². The Morgan fingerprint density at radius 3 is 2.45 bits per heavy atom. The van der Waals surface area contributed by atoms with Crippen LogP contribution in [0.15, 0.2) is 34.9 Å². The van der Waals surface area contributed by atoms with Crippen molar-refractivity contribution in [3.05, 3.63) is 52.8 Å². The Labute approximate surface area is 166 Å². The van der Waals surface area contributed by atoms with Crippen LogP contribution in [0.3, 0.4) is 0 Å². The maximum absolute atomic E-state index is 12.9. The zero-order valence-corrected chi connectivity index (χ0v) is 16.1. The van der Waals surface area contributed by atoms with E-state index in [1.165, 1.54) is 12.1 Å². The van der Waals surface area contributed by atoms with Crippen LogP contribution in [0.5, 0.6) is 0 Å². The number of aliphatic carboxylic acids is 1. The quantitative estimate of drug-likeness (QED) is 0.583. The number of aryl methyl sites for hydroxylation is 1. The summed E-state index contributed by atoms with van der Waals surface area (Å²) in [5.74, 6) is -1.90. The van der Waals surface area contributed by atoms with Gasteiger partial charge in [-0.25, -0.2) is 4.98 Å². The summed E-state index contributed by atoms with van der Waals surface area (Å²) in [5.41, 5.74) is 2.76. The van der Waals surface area contributed by atoms with E-state index in [1.807, 2.05) is 13.8 Å². The number of amides is 2. The van der Waals surface area contributed by atoms with Gasteiger partial charge in [0, 0.05) is 16.9 Å². The molecular formula is C20H20N4O5. The highest BCUT2D eigenvalue weighted by atomic mass is 16.5. The summed E-state index contributed by atoms with van der Waals surface area (Å²) in [6.07, 6.45) is 0. The fraction of sp³-hybridized carbons (Fsp3) is 0.250. The number of anilines is 1. The first kappa shape index (κ1) is 20.0. The molecule has 0 bridgehead atoms. The molecule has 9 nitrogen and oxygen atoms in total. The highest BCUT2D eigenvalue weighted by Gasteiger charge is 2.20. The van der Waals surface area contributed by atoms with E-state index in [-0.39, 0.29) is 17.4 Å². The molecule has 0 aliphatic carbocycles. The number of carbonyl (C=O) groups excluding carboxylic acids is 2. The molecule has 9 heteroatoms.